The summed E-state index contributed by atoms with van der Waals surface area (Å²) in [5, 5.41) is 5.09. The minimum absolute atomic E-state index is 0.995. The molecule has 0 aliphatic rings. The van der Waals surface area contributed by atoms with E-state index in [1.807, 2.05) is 0 Å². The molecule has 20 heavy (non-hydrogen) atoms. The summed E-state index contributed by atoms with van der Waals surface area (Å²) in [6.07, 6.45) is -0.995. The summed E-state index contributed by atoms with van der Waals surface area (Å²) in [4.78, 5) is 0. The topological polar surface area (TPSA) is 23.8 Å². The van der Waals surface area contributed by atoms with Crippen molar-refractivity contribution in [3.63, 3.8) is 0 Å². The Kier molecular flexibility index (Phi) is 3.29. The molecule has 0 radical (unpaired) electrons. The number of hydrogen-bond donors (Lipinski definition) is 0. The average molecular weight is 293 g/mol. The van der Waals surface area contributed by atoms with Gasteiger partial charge in [0.1, 0.15) is 5.82 Å². The minimum Gasteiger partial charge on any atom is -0.206 e. The van der Waals surface area contributed by atoms with Gasteiger partial charge in [-0.3, -0.25) is 0 Å². The van der Waals surface area contributed by atoms with Crippen LogP contribution < -0.4 is 0 Å². The molecule has 0 saturated carbocycles. The van der Waals surface area contributed by atoms with Crippen LogP contribution in [0.4, 0.5) is 30.7 Å². The maximum absolute atomic E-state index is 13.8. The van der Waals surface area contributed by atoms with Crippen LogP contribution in [0.3, 0.4) is 0 Å². The first-order valence-electron chi connectivity index (χ1n) is 5.00. The molecular weight excluding hydrogens is 291 g/mol. The summed E-state index contributed by atoms with van der Waals surface area (Å²) in [6, 6.07) is 1.29. The van der Waals surface area contributed by atoms with Gasteiger partial charge in [0.25, 0.3) is 0 Å². The van der Waals surface area contributed by atoms with E-state index in [2.05, 4.69) is 0 Å². The normalized spacial score (nSPS) is 10.9. The van der Waals surface area contributed by atoms with Crippen LogP contribution in [0.15, 0.2) is 0 Å². The molecule has 0 bridgehead atoms. The SMILES string of the molecule is N#CCc1c(F)c(F)c2c(F)c(F)c(F)c(F)c2c1F. The number of fused-ring (bicyclic) bond motifs is 1. The zero-order valence-electron chi connectivity index (χ0n) is 9.30. The Hall–Kier alpha value is -2.30. The van der Waals surface area contributed by atoms with E-state index in [0.717, 1.165) is 0 Å². The summed E-state index contributed by atoms with van der Waals surface area (Å²) >= 11 is 0. The molecule has 0 aliphatic carbocycles. The lowest BCUT2D eigenvalue weighted by Gasteiger charge is -2.10. The predicted octanol–water partition coefficient (Wildman–Crippen LogP) is 3.88. The van der Waals surface area contributed by atoms with Crippen molar-refractivity contribution < 1.29 is 30.7 Å². The van der Waals surface area contributed by atoms with Gasteiger partial charge in [-0.15, -0.1) is 0 Å². The second-order valence-corrected chi connectivity index (χ2v) is 3.76. The van der Waals surface area contributed by atoms with Crippen LogP contribution >= 0.6 is 0 Å². The third-order valence-electron chi connectivity index (χ3n) is 2.68. The Morgan fingerprint density at radius 2 is 1.00 bits per heavy atom. The third-order valence-corrected chi connectivity index (χ3v) is 2.68. The van der Waals surface area contributed by atoms with Crippen LogP contribution in [0.2, 0.25) is 0 Å². The molecule has 0 amide bonds. The van der Waals surface area contributed by atoms with Crippen molar-refractivity contribution in [2.24, 2.45) is 0 Å². The van der Waals surface area contributed by atoms with Crippen molar-refractivity contribution in [2.75, 3.05) is 0 Å². The van der Waals surface area contributed by atoms with E-state index in [4.69, 9.17) is 5.26 Å². The van der Waals surface area contributed by atoms with Gasteiger partial charge in [0.2, 0.25) is 0 Å². The first-order chi connectivity index (χ1) is 9.32. The van der Waals surface area contributed by atoms with Crippen molar-refractivity contribution in [3.05, 3.63) is 46.3 Å². The standard InChI is InChI=1S/C12H2F7N/c13-6-3(1-2-20)7(14)8(15)5-4(6)9(16)11(18)12(19)10(5)17/h1H2. The molecule has 1 nitrogen and oxygen atoms in total. The molecule has 0 saturated heterocycles. The van der Waals surface area contributed by atoms with Gasteiger partial charge in [-0.2, -0.15) is 5.26 Å². The second-order valence-electron chi connectivity index (χ2n) is 3.76. The Balaban J connectivity index is 3.13. The van der Waals surface area contributed by atoms with E-state index < -0.39 is 63.5 Å². The molecular formula is C12H2F7N. The minimum atomic E-state index is -2.39. The molecule has 0 unspecified atom stereocenters. The number of halogens is 7. The number of hydrogen-bond acceptors (Lipinski definition) is 1. The lowest BCUT2D eigenvalue weighted by Crippen LogP contribution is -2.07. The molecule has 2 aromatic carbocycles. The Bertz CT molecular complexity index is 776. The number of nitriles is 1. The summed E-state index contributed by atoms with van der Waals surface area (Å²) in [5.41, 5.74) is -1.19. The molecule has 2 aromatic rings. The van der Waals surface area contributed by atoms with E-state index >= 15 is 0 Å². The highest BCUT2D eigenvalue weighted by Gasteiger charge is 2.30. The molecule has 104 valence electrons. The Morgan fingerprint density at radius 1 is 0.600 bits per heavy atom. The van der Waals surface area contributed by atoms with Crippen LogP contribution in [0, 0.1) is 52.1 Å². The van der Waals surface area contributed by atoms with Gasteiger partial charge in [-0.05, 0) is 0 Å². The van der Waals surface area contributed by atoms with E-state index in [0.29, 0.717) is 0 Å². The highest BCUT2D eigenvalue weighted by atomic mass is 19.2. The van der Waals surface area contributed by atoms with Crippen molar-refractivity contribution in [3.8, 4) is 6.07 Å². The van der Waals surface area contributed by atoms with Gasteiger partial charge >= 0.3 is 0 Å². The van der Waals surface area contributed by atoms with Gasteiger partial charge in [0.05, 0.1) is 23.3 Å². The molecule has 0 heterocycles. The zero-order chi connectivity index (χ0) is 15.2. The lowest BCUT2D eigenvalue weighted by atomic mass is 10.0. The smallest absolute Gasteiger partial charge is 0.198 e. The van der Waals surface area contributed by atoms with Gasteiger partial charge in [0.15, 0.2) is 34.9 Å². The van der Waals surface area contributed by atoms with Crippen molar-refractivity contribution >= 4 is 10.8 Å². The fourth-order valence-electron chi connectivity index (χ4n) is 1.77. The van der Waals surface area contributed by atoms with E-state index in [-0.39, 0.29) is 0 Å². The second kappa shape index (κ2) is 4.67. The molecule has 0 aromatic heterocycles. The highest BCUT2D eigenvalue weighted by Crippen LogP contribution is 2.34. The van der Waals surface area contributed by atoms with E-state index in [1.54, 1.807) is 0 Å². The maximum atomic E-state index is 13.8. The fourth-order valence-corrected chi connectivity index (χ4v) is 1.77. The first kappa shape index (κ1) is 14.1. The van der Waals surface area contributed by atoms with Gasteiger partial charge in [-0.1, -0.05) is 0 Å². The van der Waals surface area contributed by atoms with E-state index in [9.17, 15) is 30.7 Å². The quantitative estimate of drug-likeness (QED) is 0.445. The van der Waals surface area contributed by atoms with Gasteiger partial charge < -0.3 is 0 Å². The number of benzene rings is 2. The highest BCUT2D eigenvalue weighted by molar-refractivity contribution is 5.86. The van der Waals surface area contributed by atoms with Crippen LogP contribution in [0.25, 0.3) is 10.8 Å². The van der Waals surface area contributed by atoms with Crippen LogP contribution in [-0.4, -0.2) is 0 Å². The fraction of sp³-hybridized carbons (Fsp3) is 0.0833. The van der Waals surface area contributed by atoms with Crippen molar-refractivity contribution in [2.45, 2.75) is 6.42 Å². The van der Waals surface area contributed by atoms with Crippen molar-refractivity contribution in [1.29, 1.82) is 5.26 Å². The summed E-state index contributed by atoms with van der Waals surface area (Å²) in [7, 11) is 0. The molecule has 0 atom stereocenters. The monoisotopic (exact) mass is 293 g/mol. The molecule has 2 rings (SSSR count). The maximum Gasteiger partial charge on any atom is 0.198 e. The lowest BCUT2D eigenvalue weighted by molar-refractivity contribution is 0.411. The van der Waals surface area contributed by atoms with E-state index in [1.165, 1.54) is 6.07 Å². The molecule has 0 N–H and O–H groups in total. The number of rotatable bonds is 1. The average Bonchev–Trinajstić information content (AvgIpc) is 2.42. The van der Waals surface area contributed by atoms with Gasteiger partial charge in [-0.25, -0.2) is 30.7 Å². The third kappa shape index (κ3) is 1.70. The molecule has 0 spiro atoms. The van der Waals surface area contributed by atoms with Crippen molar-refractivity contribution in [1.82, 2.24) is 0 Å². The van der Waals surface area contributed by atoms with Crippen LogP contribution in [0.1, 0.15) is 5.56 Å². The molecule has 0 fully saturated rings. The predicted molar refractivity (Wildman–Crippen MR) is 53.0 cm³/mol. The molecule has 8 heteroatoms. The first-order valence-corrected chi connectivity index (χ1v) is 5.00. The zero-order valence-corrected chi connectivity index (χ0v) is 9.30. The largest absolute Gasteiger partial charge is 0.206 e. The van der Waals surface area contributed by atoms with Crippen LogP contribution in [-0.2, 0) is 6.42 Å². The summed E-state index contributed by atoms with van der Waals surface area (Å²) < 4.78 is 93.6. The molecule has 0 aliphatic heterocycles. The Labute approximate surface area is 106 Å². The summed E-state index contributed by atoms with van der Waals surface area (Å²) in [6.45, 7) is 0. The van der Waals surface area contributed by atoms with Crippen LogP contribution in [0.5, 0.6) is 0 Å². The van der Waals surface area contributed by atoms with Gasteiger partial charge in [0, 0.05) is 5.56 Å². The summed E-state index contributed by atoms with van der Waals surface area (Å²) in [5.74, 6) is -15.1. The Morgan fingerprint density at radius 3 is 1.45 bits per heavy atom. The number of nitrogens with zero attached hydrogens (tertiary/aromatic N) is 1.